The van der Waals surface area contributed by atoms with Crippen LogP contribution in [0.25, 0.3) is 0 Å². The summed E-state index contributed by atoms with van der Waals surface area (Å²) in [7, 11) is 1.84. The van der Waals surface area contributed by atoms with Crippen molar-refractivity contribution in [1.82, 2.24) is 5.32 Å². The minimum Gasteiger partial charge on any atom is -0.485 e. The van der Waals surface area contributed by atoms with Crippen molar-refractivity contribution in [2.75, 3.05) is 7.05 Å². The number of benzene rings is 2. The highest BCUT2D eigenvalue weighted by atomic mass is 79.9. The summed E-state index contributed by atoms with van der Waals surface area (Å²) >= 11 is 3.38. The van der Waals surface area contributed by atoms with Gasteiger partial charge in [-0.3, -0.25) is 0 Å². The zero-order chi connectivity index (χ0) is 14.5. The Balaban J connectivity index is 2.18. The van der Waals surface area contributed by atoms with E-state index >= 15 is 0 Å². The van der Waals surface area contributed by atoms with Gasteiger partial charge in [0.15, 0.2) is 11.6 Å². The van der Waals surface area contributed by atoms with Crippen molar-refractivity contribution in [3.8, 4) is 5.75 Å². The van der Waals surface area contributed by atoms with Crippen molar-refractivity contribution in [2.24, 2.45) is 0 Å². The highest BCUT2D eigenvalue weighted by Gasteiger charge is 2.14. The van der Waals surface area contributed by atoms with Gasteiger partial charge in [-0.2, -0.15) is 0 Å². The third-order valence-corrected chi connectivity index (χ3v) is 3.72. The Bertz CT molecular complexity index is 571. The van der Waals surface area contributed by atoms with Crippen LogP contribution in [0, 0.1) is 5.82 Å². The van der Waals surface area contributed by atoms with E-state index in [4.69, 9.17) is 4.74 Å². The van der Waals surface area contributed by atoms with Crippen molar-refractivity contribution in [1.29, 1.82) is 0 Å². The van der Waals surface area contributed by atoms with Crippen LogP contribution in [0.1, 0.15) is 24.1 Å². The SMILES string of the molecule is CNC(C)c1cccc(F)c1OCc1ccc(Br)cc1. The summed E-state index contributed by atoms with van der Waals surface area (Å²) in [5.74, 6) is -0.0148. The maximum absolute atomic E-state index is 14.0. The van der Waals surface area contributed by atoms with Crippen LogP contribution in [0.15, 0.2) is 46.9 Å². The van der Waals surface area contributed by atoms with E-state index in [1.807, 2.05) is 44.3 Å². The average Bonchev–Trinajstić information content (AvgIpc) is 2.46. The maximum atomic E-state index is 14.0. The molecule has 106 valence electrons. The van der Waals surface area contributed by atoms with Crippen molar-refractivity contribution in [2.45, 2.75) is 19.6 Å². The Morgan fingerprint density at radius 1 is 1.20 bits per heavy atom. The summed E-state index contributed by atoms with van der Waals surface area (Å²) in [5.41, 5.74) is 1.82. The highest BCUT2D eigenvalue weighted by Crippen LogP contribution is 2.28. The van der Waals surface area contributed by atoms with E-state index in [1.54, 1.807) is 6.07 Å². The van der Waals surface area contributed by atoms with E-state index in [9.17, 15) is 4.39 Å². The van der Waals surface area contributed by atoms with Crippen LogP contribution >= 0.6 is 15.9 Å². The van der Waals surface area contributed by atoms with Gasteiger partial charge in [-0.15, -0.1) is 0 Å². The number of rotatable bonds is 5. The minimum absolute atomic E-state index is 0.0330. The smallest absolute Gasteiger partial charge is 0.165 e. The molecule has 0 saturated carbocycles. The second-order valence-electron chi connectivity index (χ2n) is 4.58. The lowest BCUT2D eigenvalue weighted by atomic mass is 10.1. The van der Waals surface area contributed by atoms with Crippen molar-refractivity contribution < 1.29 is 9.13 Å². The predicted molar refractivity (Wildman–Crippen MR) is 82.3 cm³/mol. The molecular weight excluding hydrogens is 321 g/mol. The number of hydrogen-bond donors (Lipinski definition) is 1. The minimum atomic E-state index is -0.332. The van der Waals surface area contributed by atoms with E-state index in [1.165, 1.54) is 6.07 Å². The van der Waals surface area contributed by atoms with Crippen molar-refractivity contribution >= 4 is 15.9 Å². The molecule has 1 N–H and O–H groups in total. The predicted octanol–water partition coefficient (Wildman–Crippen LogP) is 4.45. The summed E-state index contributed by atoms with van der Waals surface area (Å²) in [6.45, 7) is 2.32. The Kier molecular flexibility index (Phi) is 5.15. The Morgan fingerprint density at radius 3 is 2.55 bits per heavy atom. The van der Waals surface area contributed by atoms with Gasteiger partial charge in [-0.05, 0) is 37.7 Å². The molecule has 0 heterocycles. The Labute approximate surface area is 127 Å². The zero-order valence-corrected chi connectivity index (χ0v) is 13.1. The van der Waals surface area contributed by atoms with Gasteiger partial charge in [0.2, 0.25) is 0 Å². The molecule has 4 heteroatoms. The number of ether oxygens (including phenoxy) is 1. The lowest BCUT2D eigenvalue weighted by Crippen LogP contribution is -2.14. The van der Waals surface area contributed by atoms with E-state index in [2.05, 4.69) is 21.2 Å². The first-order chi connectivity index (χ1) is 9.61. The second-order valence-corrected chi connectivity index (χ2v) is 5.50. The number of para-hydroxylation sites is 1. The highest BCUT2D eigenvalue weighted by molar-refractivity contribution is 9.10. The molecule has 0 saturated heterocycles. The summed E-state index contributed by atoms with van der Waals surface area (Å²) < 4.78 is 20.7. The molecule has 0 aliphatic heterocycles. The topological polar surface area (TPSA) is 21.3 Å². The number of halogens is 2. The molecule has 0 aromatic heterocycles. The summed E-state index contributed by atoms with van der Waals surface area (Å²) in [6, 6.07) is 12.8. The summed E-state index contributed by atoms with van der Waals surface area (Å²) in [4.78, 5) is 0. The van der Waals surface area contributed by atoms with Gasteiger partial charge in [-0.1, -0.05) is 40.2 Å². The van der Waals surface area contributed by atoms with Gasteiger partial charge in [-0.25, -0.2) is 4.39 Å². The largest absolute Gasteiger partial charge is 0.485 e. The first-order valence-corrected chi connectivity index (χ1v) is 7.24. The van der Waals surface area contributed by atoms with Crippen LogP contribution in [-0.2, 0) is 6.61 Å². The third kappa shape index (κ3) is 3.58. The normalized spacial score (nSPS) is 12.2. The fourth-order valence-electron chi connectivity index (χ4n) is 1.91. The van der Waals surface area contributed by atoms with Crippen LogP contribution in [0.2, 0.25) is 0 Å². The van der Waals surface area contributed by atoms with Gasteiger partial charge >= 0.3 is 0 Å². The first kappa shape index (κ1) is 15.0. The lowest BCUT2D eigenvalue weighted by Gasteiger charge is -2.17. The molecule has 0 aliphatic rings. The van der Waals surface area contributed by atoms with Gasteiger partial charge < -0.3 is 10.1 Å². The fourth-order valence-corrected chi connectivity index (χ4v) is 2.17. The molecule has 0 spiro atoms. The zero-order valence-electron chi connectivity index (χ0n) is 11.5. The van der Waals surface area contributed by atoms with E-state index in [0.717, 1.165) is 15.6 Å². The van der Waals surface area contributed by atoms with Crippen LogP contribution in [0.5, 0.6) is 5.75 Å². The molecular formula is C16H17BrFNO. The van der Waals surface area contributed by atoms with Gasteiger partial charge in [0.05, 0.1) is 0 Å². The molecule has 0 fully saturated rings. The molecule has 2 nitrogen and oxygen atoms in total. The van der Waals surface area contributed by atoms with Crippen molar-refractivity contribution in [3.05, 3.63) is 63.9 Å². The molecule has 20 heavy (non-hydrogen) atoms. The van der Waals surface area contributed by atoms with Gasteiger partial charge in [0.25, 0.3) is 0 Å². The Hall–Kier alpha value is -1.39. The monoisotopic (exact) mass is 337 g/mol. The molecule has 2 aromatic carbocycles. The first-order valence-electron chi connectivity index (χ1n) is 6.44. The van der Waals surface area contributed by atoms with Crippen LogP contribution in [-0.4, -0.2) is 7.05 Å². The standard InChI is InChI=1S/C16H17BrFNO/c1-11(19-2)14-4-3-5-15(18)16(14)20-10-12-6-8-13(17)9-7-12/h3-9,11,19H,10H2,1-2H3. The lowest BCUT2D eigenvalue weighted by molar-refractivity contribution is 0.284. The van der Waals surface area contributed by atoms with E-state index < -0.39 is 0 Å². The molecule has 2 rings (SSSR count). The third-order valence-electron chi connectivity index (χ3n) is 3.19. The van der Waals surface area contributed by atoms with Crippen LogP contribution in [0.3, 0.4) is 0 Å². The summed E-state index contributed by atoms with van der Waals surface area (Å²) in [5, 5.41) is 3.10. The maximum Gasteiger partial charge on any atom is 0.165 e. The van der Waals surface area contributed by atoms with E-state index in [0.29, 0.717) is 12.4 Å². The second kappa shape index (κ2) is 6.86. The Morgan fingerprint density at radius 2 is 1.90 bits per heavy atom. The van der Waals surface area contributed by atoms with Crippen molar-refractivity contribution in [3.63, 3.8) is 0 Å². The molecule has 0 radical (unpaired) electrons. The average molecular weight is 338 g/mol. The molecule has 0 aliphatic carbocycles. The molecule has 0 amide bonds. The number of nitrogens with one attached hydrogen (secondary N) is 1. The molecule has 0 bridgehead atoms. The molecule has 1 atom stereocenters. The quantitative estimate of drug-likeness (QED) is 0.870. The van der Waals surface area contributed by atoms with Gasteiger partial charge in [0, 0.05) is 16.1 Å². The van der Waals surface area contributed by atoms with Crippen LogP contribution in [0.4, 0.5) is 4.39 Å². The van der Waals surface area contributed by atoms with Gasteiger partial charge in [0.1, 0.15) is 6.61 Å². The molecule has 2 aromatic rings. The molecule has 1 unspecified atom stereocenters. The number of hydrogen-bond acceptors (Lipinski definition) is 2. The fraction of sp³-hybridized carbons (Fsp3) is 0.250. The summed E-state index contributed by atoms with van der Waals surface area (Å²) in [6.07, 6.45) is 0. The van der Waals surface area contributed by atoms with Crippen LogP contribution < -0.4 is 10.1 Å². The van der Waals surface area contributed by atoms with E-state index in [-0.39, 0.29) is 11.9 Å².